The van der Waals surface area contributed by atoms with Crippen molar-refractivity contribution in [2.24, 2.45) is 4.99 Å². The first-order chi connectivity index (χ1) is 10.6. The molecule has 2 N–H and O–H groups in total. The van der Waals surface area contributed by atoms with Gasteiger partial charge in [-0.2, -0.15) is 11.8 Å². The number of guanidine groups is 1. The van der Waals surface area contributed by atoms with Crippen LogP contribution in [-0.4, -0.2) is 61.5 Å². The van der Waals surface area contributed by atoms with Gasteiger partial charge in [0.1, 0.15) is 6.54 Å². The number of amides is 1. The molecule has 0 aromatic carbocycles. The number of nitrogens with one attached hydrogen (secondary N) is 2. The van der Waals surface area contributed by atoms with E-state index in [1.165, 1.54) is 25.7 Å². The van der Waals surface area contributed by atoms with Gasteiger partial charge in [0.2, 0.25) is 5.91 Å². The molecule has 1 fully saturated rings. The molecule has 0 bridgehead atoms. The summed E-state index contributed by atoms with van der Waals surface area (Å²) in [7, 11) is 3.53. The Balaban J connectivity index is 2.56. The van der Waals surface area contributed by atoms with Gasteiger partial charge in [-0.25, -0.2) is 4.99 Å². The molecule has 1 amide bonds. The average Bonchev–Trinajstić information content (AvgIpc) is 2.52. The number of carbonyl (C=O) groups is 1. The Labute approximate surface area is 139 Å². The minimum absolute atomic E-state index is 0.0298. The molecule has 0 aromatic heterocycles. The highest BCUT2D eigenvalue weighted by Gasteiger charge is 2.22. The molecular formula is C16H32N4OS. The third-order valence-corrected chi connectivity index (χ3v) is 5.09. The van der Waals surface area contributed by atoms with Crippen molar-refractivity contribution >= 4 is 23.6 Å². The third kappa shape index (κ3) is 7.38. The molecule has 0 spiro atoms. The molecule has 2 atom stereocenters. The van der Waals surface area contributed by atoms with Crippen LogP contribution in [0.4, 0.5) is 0 Å². The Hall–Kier alpha value is -0.910. The lowest BCUT2D eigenvalue weighted by atomic mass is 9.95. The van der Waals surface area contributed by atoms with Crippen LogP contribution in [0.5, 0.6) is 0 Å². The van der Waals surface area contributed by atoms with Crippen LogP contribution in [0.3, 0.4) is 0 Å². The van der Waals surface area contributed by atoms with E-state index in [1.807, 2.05) is 11.8 Å². The molecule has 0 radical (unpaired) electrons. The number of thioether (sulfide) groups is 1. The molecule has 0 aromatic rings. The Bertz CT molecular complexity index is 360. The minimum Gasteiger partial charge on any atom is -0.356 e. The van der Waals surface area contributed by atoms with Crippen molar-refractivity contribution in [1.29, 1.82) is 0 Å². The van der Waals surface area contributed by atoms with Crippen LogP contribution in [-0.2, 0) is 4.79 Å². The van der Waals surface area contributed by atoms with Crippen LogP contribution in [0.2, 0.25) is 0 Å². The zero-order chi connectivity index (χ0) is 16.4. The summed E-state index contributed by atoms with van der Waals surface area (Å²) in [5, 5.41) is 7.63. The van der Waals surface area contributed by atoms with Gasteiger partial charge in [-0.05, 0) is 31.9 Å². The summed E-state index contributed by atoms with van der Waals surface area (Å²) in [6.45, 7) is 3.27. The second-order valence-electron chi connectivity index (χ2n) is 6.10. The predicted octanol–water partition coefficient (Wildman–Crippen LogP) is 2.08. The van der Waals surface area contributed by atoms with E-state index in [-0.39, 0.29) is 12.5 Å². The summed E-state index contributed by atoms with van der Waals surface area (Å²) in [5.41, 5.74) is 0. The summed E-state index contributed by atoms with van der Waals surface area (Å²) in [6, 6.07) is 0.466. The van der Waals surface area contributed by atoms with E-state index in [4.69, 9.17) is 0 Å². The van der Waals surface area contributed by atoms with Gasteiger partial charge in [0.25, 0.3) is 0 Å². The van der Waals surface area contributed by atoms with E-state index >= 15 is 0 Å². The van der Waals surface area contributed by atoms with Crippen molar-refractivity contribution in [3.8, 4) is 0 Å². The molecule has 2 unspecified atom stereocenters. The molecule has 128 valence electrons. The highest BCUT2D eigenvalue weighted by Crippen LogP contribution is 2.26. The molecule has 0 heterocycles. The highest BCUT2D eigenvalue weighted by atomic mass is 32.2. The molecule has 0 aliphatic heterocycles. The van der Waals surface area contributed by atoms with Gasteiger partial charge in [-0.1, -0.05) is 19.8 Å². The fraction of sp³-hybridized carbons (Fsp3) is 0.875. The van der Waals surface area contributed by atoms with Crippen molar-refractivity contribution in [2.45, 2.75) is 56.7 Å². The Morgan fingerprint density at radius 1 is 1.36 bits per heavy atom. The second-order valence-corrected chi connectivity index (χ2v) is 7.24. The van der Waals surface area contributed by atoms with Crippen molar-refractivity contribution < 1.29 is 4.79 Å². The smallest absolute Gasteiger partial charge is 0.243 e. The number of hydrogen-bond acceptors (Lipinski definition) is 3. The maximum atomic E-state index is 11.7. The minimum atomic E-state index is 0.0298. The van der Waals surface area contributed by atoms with E-state index in [2.05, 4.69) is 28.8 Å². The van der Waals surface area contributed by atoms with Crippen LogP contribution in [0.15, 0.2) is 4.99 Å². The summed E-state index contributed by atoms with van der Waals surface area (Å²) in [6.07, 6.45) is 9.40. The first kappa shape index (κ1) is 19.1. The summed E-state index contributed by atoms with van der Waals surface area (Å²) < 4.78 is 0. The first-order valence-electron chi connectivity index (χ1n) is 8.34. The van der Waals surface area contributed by atoms with Crippen LogP contribution < -0.4 is 10.6 Å². The quantitative estimate of drug-likeness (QED) is 0.427. The molecular weight excluding hydrogens is 296 g/mol. The summed E-state index contributed by atoms with van der Waals surface area (Å²) >= 11 is 1.96. The fourth-order valence-corrected chi connectivity index (χ4v) is 3.33. The first-order valence-corrected chi connectivity index (χ1v) is 9.63. The number of carbonyl (C=O) groups excluding carboxylic acids is 1. The van der Waals surface area contributed by atoms with Crippen molar-refractivity contribution in [3.05, 3.63) is 0 Å². The van der Waals surface area contributed by atoms with Crippen LogP contribution in [0.25, 0.3) is 0 Å². The lowest BCUT2D eigenvalue weighted by Crippen LogP contribution is -2.46. The topological polar surface area (TPSA) is 56.7 Å². The Kier molecular flexibility index (Phi) is 9.36. The summed E-state index contributed by atoms with van der Waals surface area (Å²) in [5.74, 6) is 0.817. The van der Waals surface area contributed by atoms with Gasteiger partial charge in [-0.3, -0.25) is 4.79 Å². The van der Waals surface area contributed by atoms with Gasteiger partial charge in [0, 0.05) is 31.9 Å². The van der Waals surface area contributed by atoms with Gasteiger partial charge in [0.15, 0.2) is 5.96 Å². The standard InChI is InChI=1S/C16H32N4OS/c1-5-6-10-17-16(18-12-15(21)20(2)3)19-13-8-7-9-14(11-13)22-4/h13-14H,5-12H2,1-4H3,(H2,17,18,19). The van der Waals surface area contributed by atoms with Gasteiger partial charge < -0.3 is 15.5 Å². The number of aliphatic imine (C=N–C) groups is 1. The van der Waals surface area contributed by atoms with Crippen molar-refractivity contribution in [3.63, 3.8) is 0 Å². The van der Waals surface area contributed by atoms with Gasteiger partial charge in [-0.15, -0.1) is 0 Å². The largest absolute Gasteiger partial charge is 0.356 e. The second kappa shape index (κ2) is 10.8. The summed E-state index contributed by atoms with van der Waals surface area (Å²) in [4.78, 5) is 17.8. The SMILES string of the molecule is CCCCNC(=NCC(=O)N(C)C)NC1CCCC(SC)C1. The molecule has 6 heteroatoms. The number of nitrogens with zero attached hydrogens (tertiary/aromatic N) is 2. The number of unbranched alkanes of at least 4 members (excludes halogenated alkanes) is 1. The predicted molar refractivity (Wildman–Crippen MR) is 96.6 cm³/mol. The van der Waals surface area contributed by atoms with Crippen LogP contribution in [0, 0.1) is 0 Å². The molecule has 1 rings (SSSR count). The Morgan fingerprint density at radius 2 is 2.14 bits per heavy atom. The van der Waals surface area contributed by atoms with Gasteiger partial charge >= 0.3 is 0 Å². The van der Waals surface area contributed by atoms with E-state index in [0.717, 1.165) is 30.6 Å². The zero-order valence-corrected chi connectivity index (χ0v) is 15.3. The normalized spacial score (nSPS) is 22.3. The highest BCUT2D eigenvalue weighted by molar-refractivity contribution is 7.99. The fourth-order valence-electron chi connectivity index (χ4n) is 2.51. The molecule has 0 saturated heterocycles. The van der Waals surface area contributed by atoms with Crippen LogP contribution in [0.1, 0.15) is 45.4 Å². The molecule has 5 nitrogen and oxygen atoms in total. The lowest BCUT2D eigenvalue weighted by molar-refractivity contribution is -0.127. The van der Waals surface area contributed by atoms with E-state index in [1.54, 1.807) is 19.0 Å². The third-order valence-electron chi connectivity index (χ3n) is 3.99. The number of likely N-dealkylation sites (N-methyl/N-ethyl adjacent to an activating group) is 1. The van der Waals surface area contributed by atoms with Crippen molar-refractivity contribution in [2.75, 3.05) is 33.4 Å². The maximum Gasteiger partial charge on any atom is 0.243 e. The van der Waals surface area contributed by atoms with E-state index in [0.29, 0.717) is 6.04 Å². The Morgan fingerprint density at radius 3 is 2.77 bits per heavy atom. The van der Waals surface area contributed by atoms with Gasteiger partial charge in [0.05, 0.1) is 0 Å². The molecule has 22 heavy (non-hydrogen) atoms. The molecule has 1 saturated carbocycles. The zero-order valence-electron chi connectivity index (χ0n) is 14.5. The van der Waals surface area contributed by atoms with E-state index < -0.39 is 0 Å². The average molecular weight is 329 g/mol. The maximum absolute atomic E-state index is 11.7. The molecule has 1 aliphatic carbocycles. The number of hydrogen-bond donors (Lipinski definition) is 2. The molecule has 1 aliphatic rings. The lowest BCUT2D eigenvalue weighted by Gasteiger charge is -2.30. The monoisotopic (exact) mass is 328 g/mol. The number of rotatable bonds is 7. The van der Waals surface area contributed by atoms with Crippen molar-refractivity contribution in [1.82, 2.24) is 15.5 Å². The van der Waals surface area contributed by atoms with E-state index in [9.17, 15) is 4.79 Å². The van der Waals surface area contributed by atoms with Crippen LogP contribution >= 0.6 is 11.8 Å².